The van der Waals surface area contributed by atoms with Gasteiger partial charge in [0.15, 0.2) is 0 Å². The minimum atomic E-state index is -0.290. The molecule has 1 fully saturated rings. The van der Waals surface area contributed by atoms with Gasteiger partial charge >= 0.3 is 0 Å². The molecule has 3 nitrogen and oxygen atoms in total. The topological polar surface area (TPSA) is 46.3 Å². The summed E-state index contributed by atoms with van der Waals surface area (Å²) < 4.78 is 0. The number of carbonyl (C=O) groups is 1. The Hall–Kier alpha value is -1.01. The summed E-state index contributed by atoms with van der Waals surface area (Å²) in [5.41, 5.74) is 5.14. The van der Waals surface area contributed by atoms with Crippen molar-refractivity contribution in [2.45, 2.75) is 31.7 Å². The summed E-state index contributed by atoms with van der Waals surface area (Å²) in [5, 5.41) is 0. The Kier molecular flexibility index (Phi) is 3.78. The molecule has 0 atom stereocenters. The third kappa shape index (κ3) is 3.08. The van der Waals surface area contributed by atoms with Gasteiger partial charge in [-0.05, 0) is 12.8 Å². The maximum atomic E-state index is 10.8. The van der Waals surface area contributed by atoms with E-state index in [4.69, 9.17) is 12.2 Å². The molecule has 0 aromatic carbocycles. The second-order valence-electron chi connectivity index (χ2n) is 3.51. The Morgan fingerprint density at radius 3 is 2.62 bits per heavy atom. The first-order valence-corrected chi connectivity index (χ1v) is 4.70. The number of rotatable bonds is 4. The molecule has 0 aromatic heterocycles. The summed E-state index contributed by atoms with van der Waals surface area (Å²) in [6.07, 6.45) is 10.0. The van der Waals surface area contributed by atoms with Crippen LogP contribution in [0.1, 0.15) is 25.7 Å². The summed E-state index contributed by atoms with van der Waals surface area (Å²) in [6.45, 7) is 0.836. The third-order valence-corrected chi connectivity index (χ3v) is 2.49. The number of hydrogen-bond donors (Lipinski definition) is 1. The average Bonchev–Trinajstić information content (AvgIpc) is 2.54. The van der Waals surface area contributed by atoms with Crippen molar-refractivity contribution >= 4 is 5.91 Å². The van der Waals surface area contributed by atoms with Crippen molar-refractivity contribution in [3.63, 3.8) is 0 Å². The zero-order valence-electron chi connectivity index (χ0n) is 7.83. The van der Waals surface area contributed by atoms with Crippen LogP contribution in [-0.2, 0) is 4.79 Å². The first-order valence-electron chi connectivity index (χ1n) is 4.70. The Balaban J connectivity index is 2.45. The van der Waals surface area contributed by atoms with Crippen molar-refractivity contribution in [1.82, 2.24) is 4.90 Å². The molecule has 0 aliphatic heterocycles. The Bertz CT molecular complexity index is 213. The molecule has 0 spiro atoms. The minimum Gasteiger partial charge on any atom is -0.369 e. The number of terminal acetylenes is 1. The predicted molar refractivity (Wildman–Crippen MR) is 51.9 cm³/mol. The van der Waals surface area contributed by atoms with Crippen molar-refractivity contribution in [3.8, 4) is 12.3 Å². The fourth-order valence-corrected chi connectivity index (χ4v) is 1.90. The molecule has 2 N–H and O–H groups in total. The lowest BCUT2D eigenvalue weighted by atomic mass is 10.2. The molecule has 1 aliphatic rings. The van der Waals surface area contributed by atoms with Gasteiger partial charge in [0.05, 0.1) is 13.1 Å². The first-order chi connectivity index (χ1) is 6.24. The Morgan fingerprint density at radius 1 is 1.54 bits per heavy atom. The fraction of sp³-hybridized carbons (Fsp3) is 0.700. The van der Waals surface area contributed by atoms with Crippen LogP contribution in [-0.4, -0.2) is 29.9 Å². The normalized spacial score (nSPS) is 17.5. The van der Waals surface area contributed by atoms with Crippen LogP contribution < -0.4 is 5.73 Å². The van der Waals surface area contributed by atoms with E-state index in [2.05, 4.69) is 5.92 Å². The van der Waals surface area contributed by atoms with E-state index in [1.165, 1.54) is 12.8 Å². The van der Waals surface area contributed by atoms with Gasteiger partial charge in [0.1, 0.15) is 0 Å². The lowest BCUT2D eigenvalue weighted by Gasteiger charge is -2.24. The van der Waals surface area contributed by atoms with E-state index in [0.29, 0.717) is 19.1 Å². The van der Waals surface area contributed by atoms with E-state index in [1.54, 1.807) is 0 Å². The number of nitrogens with two attached hydrogens (primary N) is 1. The highest BCUT2D eigenvalue weighted by Gasteiger charge is 2.22. The first kappa shape index (κ1) is 10.1. The largest absolute Gasteiger partial charge is 0.369 e. The van der Waals surface area contributed by atoms with Gasteiger partial charge in [-0.25, -0.2) is 0 Å². The monoisotopic (exact) mass is 180 g/mol. The van der Waals surface area contributed by atoms with Crippen molar-refractivity contribution in [2.24, 2.45) is 5.73 Å². The van der Waals surface area contributed by atoms with Crippen LogP contribution in [0.4, 0.5) is 0 Å². The van der Waals surface area contributed by atoms with Crippen molar-refractivity contribution in [1.29, 1.82) is 0 Å². The fourth-order valence-electron chi connectivity index (χ4n) is 1.90. The number of nitrogens with zero attached hydrogens (tertiary/aromatic N) is 1. The number of hydrogen-bond acceptors (Lipinski definition) is 2. The molecule has 1 amide bonds. The van der Waals surface area contributed by atoms with Crippen LogP contribution in [0.3, 0.4) is 0 Å². The molecule has 72 valence electrons. The lowest BCUT2D eigenvalue weighted by molar-refractivity contribution is -0.119. The second kappa shape index (κ2) is 4.88. The SMILES string of the molecule is C#CCN(CC(N)=O)C1CCCC1. The van der Waals surface area contributed by atoms with E-state index >= 15 is 0 Å². The van der Waals surface area contributed by atoms with Gasteiger partial charge in [-0.1, -0.05) is 18.8 Å². The highest BCUT2D eigenvalue weighted by atomic mass is 16.1. The zero-order chi connectivity index (χ0) is 9.68. The van der Waals surface area contributed by atoms with Gasteiger partial charge in [-0.2, -0.15) is 0 Å². The van der Waals surface area contributed by atoms with Crippen LogP contribution in [0, 0.1) is 12.3 Å². The Labute approximate surface area is 79.3 Å². The number of carbonyl (C=O) groups excluding carboxylic acids is 1. The molecule has 1 aliphatic carbocycles. The summed E-state index contributed by atoms with van der Waals surface area (Å²) in [6, 6.07) is 0.476. The standard InChI is InChI=1S/C10H16N2O/c1-2-7-12(8-10(11)13)9-5-3-4-6-9/h1,9H,3-8H2,(H2,11,13). The van der Waals surface area contributed by atoms with E-state index < -0.39 is 0 Å². The highest BCUT2D eigenvalue weighted by Crippen LogP contribution is 2.22. The molecular weight excluding hydrogens is 164 g/mol. The average molecular weight is 180 g/mol. The molecule has 0 unspecified atom stereocenters. The van der Waals surface area contributed by atoms with Crippen LogP contribution in [0.25, 0.3) is 0 Å². The van der Waals surface area contributed by atoms with Gasteiger partial charge in [0.25, 0.3) is 0 Å². The summed E-state index contributed by atoms with van der Waals surface area (Å²) in [4.78, 5) is 12.8. The van der Waals surface area contributed by atoms with Crippen LogP contribution in [0.5, 0.6) is 0 Å². The molecule has 0 bridgehead atoms. The molecule has 3 heteroatoms. The number of amides is 1. The van der Waals surface area contributed by atoms with Crippen molar-refractivity contribution < 1.29 is 4.79 Å². The smallest absolute Gasteiger partial charge is 0.231 e. The number of primary amides is 1. The molecule has 1 rings (SSSR count). The quantitative estimate of drug-likeness (QED) is 0.634. The minimum absolute atomic E-state index is 0.290. The summed E-state index contributed by atoms with van der Waals surface area (Å²) in [7, 11) is 0. The van der Waals surface area contributed by atoms with E-state index in [1.807, 2.05) is 4.90 Å². The van der Waals surface area contributed by atoms with Crippen LogP contribution in [0.2, 0.25) is 0 Å². The molecule has 0 aromatic rings. The van der Waals surface area contributed by atoms with Crippen LogP contribution in [0.15, 0.2) is 0 Å². The van der Waals surface area contributed by atoms with Gasteiger partial charge in [0, 0.05) is 6.04 Å². The van der Waals surface area contributed by atoms with E-state index in [0.717, 1.165) is 12.8 Å². The highest BCUT2D eigenvalue weighted by molar-refractivity contribution is 5.76. The van der Waals surface area contributed by atoms with Gasteiger partial charge < -0.3 is 5.73 Å². The maximum Gasteiger partial charge on any atom is 0.231 e. The molecule has 0 radical (unpaired) electrons. The summed E-state index contributed by atoms with van der Waals surface area (Å²) >= 11 is 0. The van der Waals surface area contributed by atoms with Crippen molar-refractivity contribution in [2.75, 3.05) is 13.1 Å². The predicted octanol–water partition coefficient (Wildman–Crippen LogP) is 0.349. The summed E-state index contributed by atoms with van der Waals surface area (Å²) in [5.74, 6) is 2.28. The maximum absolute atomic E-state index is 10.8. The molecule has 0 heterocycles. The van der Waals surface area contributed by atoms with Crippen LogP contribution >= 0.6 is 0 Å². The Morgan fingerprint density at radius 2 is 2.15 bits per heavy atom. The third-order valence-electron chi connectivity index (χ3n) is 2.49. The lowest BCUT2D eigenvalue weighted by Crippen LogP contribution is -2.40. The van der Waals surface area contributed by atoms with Crippen molar-refractivity contribution in [3.05, 3.63) is 0 Å². The second-order valence-corrected chi connectivity index (χ2v) is 3.51. The molecule has 1 saturated carbocycles. The molecule has 0 saturated heterocycles. The van der Waals surface area contributed by atoms with E-state index in [9.17, 15) is 4.79 Å². The van der Waals surface area contributed by atoms with Gasteiger partial charge in [-0.3, -0.25) is 9.69 Å². The van der Waals surface area contributed by atoms with E-state index in [-0.39, 0.29) is 5.91 Å². The molecular formula is C10H16N2O. The van der Waals surface area contributed by atoms with Gasteiger partial charge in [-0.15, -0.1) is 6.42 Å². The molecule has 13 heavy (non-hydrogen) atoms. The zero-order valence-corrected chi connectivity index (χ0v) is 7.83. The van der Waals surface area contributed by atoms with Gasteiger partial charge in [0.2, 0.25) is 5.91 Å².